The van der Waals surface area contributed by atoms with E-state index in [2.05, 4.69) is 0 Å². The lowest BCUT2D eigenvalue weighted by molar-refractivity contribution is -0.139. The van der Waals surface area contributed by atoms with Gasteiger partial charge in [-0.2, -0.15) is 0 Å². The third kappa shape index (κ3) is 3.27. The molecule has 16 heavy (non-hydrogen) atoms. The van der Waals surface area contributed by atoms with Gasteiger partial charge in [0.1, 0.15) is 5.75 Å². The van der Waals surface area contributed by atoms with Gasteiger partial charge in [0.25, 0.3) is 5.91 Å². The number of rotatable bonds is 4. The molecule has 0 spiro atoms. The summed E-state index contributed by atoms with van der Waals surface area (Å²) in [5.41, 5.74) is 0.466. The zero-order valence-corrected chi connectivity index (χ0v) is 9.14. The van der Waals surface area contributed by atoms with E-state index in [9.17, 15) is 9.59 Å². The molecule has 0 unspecified atom stereocenters. The molecule has 1 N–H and O–H groups in total. The van der Waals surface area contributed by atoms with E-state index < -0.39 is 12.6 Å². The maximum absolute atomic E-state index is 11.6. The minimum atomic E-state index is -1.05. The summed E-state index contributed by atoms with van der Waals surface area (Å²) in [4.78, 5) is 23.3. The second-order valence-electron chi connectivity index (χ2n) is 3.41. The van der Waals surface area contributed by atoms with Crippen LogP contribution in [0.5, 0.6) is 5.75 Å². The summed E-state index contributed by atoms with van der Waals surface area (Å²) in [5.74, 6) is -0.833. The van der Waals surface area contributed by atoms with Crippen molar-refractivity contribution in [2.24, 2.45) is 0 Å². The summed E-state index contributed by atoms with van der Waals surface area (Å²) < 4.78 is 4.97. The number of ether oxygens (including phenoxy) is 1. The van der Waals surface area contributed by atoms with Gasteiger partial charge in [0.15, 0.2) is 6.61 Å². The topological polar surface area (TPSA) is 66.8 Å². The van der Waals surface area contributed by atoms with Crippen LogP contribution in [-0.4, -0.2) is 42.6 Å². The van der Waals surface area contributed by atoms with Crippen molar-refractivity contribution >= 4 is 11.9 Å². The van der Waals surface area contributed by atoms with Crippen molar-refractivity contribution < 1.29 is 19.4 Å². The monoisotopic (exact) mass is 223 g/mol. The molecule has 86 valence electrons. The summed E-state index contributed by atoms with van der Waals surface area (Å²) >= 11 is 0. The van der Waals surface area contributed by atoms with Crippen LogP contribution >= 0.6 is 0 Å². The van der Waals surface area contributed by atoms with Gasteiger partial charge in [-0.3, -0.25) is 4.79 Å². The molecular formula is C11H13NO4. The van der Waals surface area contributed by atoms with Crippen LogP contribution < -0.4 is 4.74 Å². The van der Waals surface area contributed by atoms with Gasteiger partial charge in [0, 0.05) is 19.7 Å². The van der Waals surface area contributed by atoms with Gasteiger partial charge in [0.05, 0.1) is 0 Å². The zero-order valence-electron chi connectivity index (χ0n) is 9.14. The van der Waals surface area contributed by atoms with Crippen molar-refractivity contribution in [3.8, 4) is 5.75 Å². The molecule has 0 aliphatic carbocycles. The number of carbonyl (C=O) groups excluding carboxylic acids is 1. The Bertz CT molecular complexity index is 401. The largest absolute Gasteiger partial charge is 0.482 e. The van der Waals surface area contributed by atoms with Gasteiger partial charge in [-0.25, -0.2) is 4.79 Å². The average molecular weight is 223 g/mol. The van der Waals surface area contributed by atoms with E-state index in [0.29, 0.717) is 11.3 Å². The number of hydrogen-bond acceptors (Lipinski definition) is 3. The second kappa shape index (κ2) is 5.16. The Morgan fingerprint density at radius 2 is 2.06 bits per heavy atom. The van der Waals surface area contributed by atoms with Crippen molar-refractivity contribution in [3.05, 3.63) is 29.8 Å². The normalized spacial score (nSPS) is 9.62. The first-order valence-electron chi connectivity index (χ1n) is 4.67. The Balaban J connectivity index is 2.78. The molecule has 0 heterocycles. The number of carbonyl (C=O) groups is 2. The number of benzene rings is 1. The van der Waals surface area contributed by atoms with E-state index in [-0.39, 0.29) is 5.91 Å². The van der Waals surface area contributed by atoms with Crippen molar-refractivity contribution in [2.75, 3.05) is 20.7 Å². The predicted molar refractivity (Wildman–Crippen MR) is 57.6 cm³/mol. The van der Waals surface area contributed by atoms with Crippen LogP contribution in [-0.2, 0) is 4.79 Å². The molecule has 0 saturated carbocycles. The molecule has 5 nitrogen and oxygen atoms in total. The van der Waals surface area contributed by atoms with E-state index in [0.717, 1.165) is 0 Å². The molecule has 0 aliphatic rings. The number of amides is 1. The summed E-state index contributed by atoms with van der Waals surface area (Å²) in [6, 6.07) is 6.42. The van der Waals surface area contributed by atoms with Crippen LogP contribution in [0.25, 0.3) is 0 Å². The first kappa shape index (κ1) is 12.0. The maximum Gasteiger partial charge on any atom is 0.341 e. The average Bonchev–Trinajstić information content (AvgIpc) is 2.25. The predicted octanol–water partition coefficient (Wildman–Crippen LogP) is 0.852. The molecule has 1 rings (SSSR count). The van der Waals surface area contributed by atoms with Crippen LogP contribution in [0.2, 0.25) is 0 Å². The lowest BCUT2D eigenvalue weighted by Crippen LogP contribution is -2.21. The first-order valence-corrected chi connectivity index (χ1v) is 4.67. The molecule has 1 aromatic carbocycles. The summed E-state index contributed by atoms with van der Waals surface area (Å²) in [5, 5.41) is 8.44. The van der Waals surface area contributed by atoms with Gasteiger partial charge in [-0.05, 0) is 18.2 Å². The standard InChI is InChI=1S/C11H13NO4/c1-12(2)11(15)8-4-3-5-9(6-8)16-7-10(13)14/h3-6H,7H2,1-2H3,(H,13,14). The van der Waals surface area contributed by atoms with Crippen molar-refractivity contribution in [1.82, 2.24) is 4.90 Å². The Kier molecular flexibility index (Phi) is 3.88. The molecule has 0 radical (unpaired) electrons. The molecule has 0 bridgehead atoms. The van der Waals surface area contributed by atoms with E-state index in [1.165, 1.54) is 11.0 Å². The Labute approximate surface area is 93.2 Å². The van der Waals surface area contributed by atoms with Crippen molar-refractivity contribution in [2.45, 2.75) is 0 Å². The first-order chi connectivity index (χ1) is 7.50. The summed E-state index contributed by atoms with van der Waals surface area (Å²) in [6.45, 7) is -0.417. The minimum Gasteiger partial charge on any atom is -0.482 e. The summed E-state index contributed by atoms with van der Waals surface area (Å²) in [7, 11) is 3.29. The molecule has 5 heteroatoms. The van der Waals surface area contributed by atoms with Crippen LogP contribution in [0.4, 0.5) is 0 Å². The van der Waals surface area contributed by atoms with Gasteiger partial charge >= 0.3 is 5.97 Å². The minimum absolute atomic E-state index is 0.152. The number of aliphatic carboxylic acids is 1. The fourth-order valence-corrected chi connectivity index (χ4v) is 1.12. The van der Waals surface area contributed by atoms with Gasteiger partial charge < -0.3 is 14.7 Å². The molecule has 1 aromatic rings. The SMILES string of the molecule is CN(C)C(=O)c1cccc(OCC(=O)O)c1. The second-order valence-corrected chi connectivity index (χ2v) is 3.41. The van der Waals surface area contributed by atoms with E-state index in [1.807, 2.05) is 0 Å². The van der Waals surface area contributed by atoms with Crippen LogP contribution in [0.1, 0.15) is 10.4 Å². The third-order valence-corrected chi connectivity index (χ3v) is 1.85. The highest BCUT2D eigenvalue weighted by molar-refractivity contribution is 5.94. The Morgan fingerprint density at radius 3 is 2.62 bits per heavy atom. The van der Waals surface area contributed by atoms with E-state index >= 15 is 0 Å². The highest BCUT2D eigenvalue weighted by Crippen LogP contribution is 2.14. The van der Waals surface area contributed by atoms with Crippen LogP contribution in [0.15, 0.2) is 24.3 Å². The number of carboxylic acids is 1. The molecule has 0 saturated heterocycles. The molecule has 0 fully saturated rings. The lowest BCUT2D eigenvalue weighted by atomic mass is 10.2. The lowest BCUT2D eigenvalue weighted by Gasteiger charge is -2.11. The quantitative estimate of drug-likeness (QED) is 0.821. The third-order valence-electron chi connectivity index (χ3n) is 1.85. The van der Waals surface area contributed by atoms with E-state index in [1.54, 1.807) is 32.3 Å². The zero-order chi connectivity index (χ0) is 12.1. The maximum atomic E-state index is 11.6. The Hall–Kier alpha value is -2.04. The molecule has 0 atom stereocenters. The van der Waals surface area contributed by atoms with Gasteiger partial charge in [0.2, 0.25) is 0 Å². The molecule has 0 aliphatic heterocycles. The van der Waals surface area contributed by atoms with Crippen LogP contribution in [0.3, 0.4) is 0 Å². The number of hydrogen-bond donors (Lipinski definition) is 1. The van der Waals surface area contributed by atoms with Crippen molar-refractivity contribution in [3.63, 3.8) is 0 Å². The fraction of sp³-hybridized carbons (Fsp3) is 0.273. The fourth-order valence-electron chi connectivity index (χ4n) is 1.12. The number of nitrogens with zero attached hydrogens (tertiary/aromatic N) is 1. The highest BCUT2D eigenvalue weighted by Gasteiger charge is 2.08. The Morgan fingerprint density at radius 1 is 1.38 bits per heavy atom. The molecule has 1 amide bonds. The van der Waals surface area contributed by atoms with Gasteiger partial charge in [-0.15, -0.1) is 0 Å². The smallest absolute Gasteiger partial charge is 0.341 e. The van der Waals surface area contributed by atoms with Gasteiger partial charge in [-0.1, -0.05) is 6.07 Å². The molecular weight excluding hydrogens is 210 g/mol. The number of carboxylic acid groups (broad SMARTS) is 1. The van der Waals surface area contributed by atoms with Crippen LogP contribution in [0, 0.1) is 0 Å². The van der Waals surface area contributed by atoms with Crippen molar-refractivity contribution in [1.29, 1.82) is 0 Å². The highest BCUT2D eigenvalue weighted by atomic mass is 16.5. The molecule has 0 aromatic heterocycles. The van der Waals surface area contributed by atoms with E-state index in [4.69, 9.17) is 9.84 Å². The summed E-state index contributed by atoms with van der Waals surface area (Å²) in [6.07, 6.45) is 0.